The number of carbonyl (C=O) groups excluding carboxylic acids is 1. The number of aromatic nitrogens is 1. The Bertz CT molecular complexity index is 487. The molecule has 1 aromatic heterocycles. The maximum absolute atomic E-state index is 11.7. The summed E-state index contributed by atoms with van der Waals surface area (Å²) in [5, 5.41) is 2.96. The Hall–Kier alpha value is -1.53. The monoisotopic (exact) mass is 278 g/mol. The van der Waals surface area contributed by atoms with Gasteiger partial charge >= 0.3 is 0 Å². The molecule has 6 heteroatoms. The highest BCUT2D eigenvalue weighted by Crippen LogP contribution is 2.18. The molecule has 1 fully saturated rings. The van der Waals surface area contributed by atoms with Crippen LogP contribution in [0.15, 0.2) is 18.3 Å². The van der Waals surface area contributed by atoms with Crippen molar-refractivity contribution < 1.29 is 4.79 Å². The van der Waals surface area contributed by atoms with Crippen LogP contribution in [0, 0.1) is 0 Å². The normalized spacial score (nSPS) is 14.4. The fourth-order valence-electron chi connectivity index (χ4n) is 1.88. The lowest BCUT2D eigenvalue weighted by molar-refractivity contribution is -0.122. The van der Waals surface area contributed by atoms with Crippen molar-refractivity contribution >= 4 is 23.1 Å². The third kappa shape index (κ3) is 4.25. The topological polar surface area (TPSA) is 71.2 Å². The van der Waals surface area contributed by atoms with Crippen molar-refractivity contribution in [1.82, 2.24) is 15.2 Å². The lowest BCUT2D eigenvalue weighted by Crippen LogP contribution is -2.36. The summed E-state index contributed by atoms with van der Waals surface area (Å²) in [6.07, 6.45) is 3.87. The SMILES string of the molecule is CN(CC(=O)NC1CC1)Cc1cccnc1C(N)=S. The number of rotatable bonds is 6. The molecule has 0 aromatic carbocycles. The molecule has 5 nitrogen and oxygen atoms in total. The number of carbonyl (C=O) groups is 1. The van der Waals surface area contributed by atoms with E-state index in [0.29, 0.717) is 24.8 Å². The van der Waals surface area contributed by atoms with Crippen molar-refractivity contribution in [1.29, 1.82) is 0 Å². The molecule has 0 saturated heterocycles. The van der Waals surface area contributed by atoms with E-state index in [1.54, 1.807) is 6.20 Å². The van der Waals surface area contributed by atoms with Crippen molar-refractivity contribution in [2.75, 3.05) is 13.6 Å². The zero-order chi connectivity index (χ0) is 13.8. The van der Waals surface area contributed by atoms with Crippen LogP contribution in [0.4, 0.5) is 0 Å². The number of amides is 1. The summed E-state index contributed by atoms with van der Waals surface area (Å²) in [5.74, 6) is 0.0609. The van der Waals surface area contributed by atoms with Crippen molar-refractivity contribution in [3.8, 4) is 0 Å². The molecule has 1 aliphatic carbocycles. The average molecular weight is 278 g/mol. The van der Waals surface area contributed by atoms with Crippen LogP contribution >= 0.6 is 12.2 Å². The van der Waals surface area contributed by atoms with Crippen LogP contribution in [-0.4, -0.2) is 40.4 Å². The van der Waals surface area contributed by atoms with Gasteiger partial charge in [0, 0.05) is 18.8 Å². The molecule has 102 valence electrons. The van der Waals surface area contributed by atoms with Gasteiger partial charge in [-0.15, -0.1) is 0 Å². The third-order valence-electron chi connectivity index (χ3n) is 2.92. The summed E-state index contributed by atoms with van der Waals surface area (Å²) in [7, 11) is 1.89. The Morgan fingerprint density at radius 2 is 2.37 bits per heavy atom. The highest BCUT2D eigenvalue weighted by molar-refractivity contribution is 7.80. The molecule has 1 aliphatic rings. The van der Waals surface area contributed by atoms with Crippen LogP contribution in [0.3, 0.4) is 0 Å². The molecule has 0 radical (unpaired) electrons. The van der Waals surface area contributed by atoms with Gasteiger partial charge in [-0.25, -0.2) is 0 Å². The zero-order valence-electron chi connectivity index (χ0n) is 10.9. The lowest BCUT2D eigenvalue weighted by atomic mass is 10.2. The van der Waals surface area contributed by atoms with Gasteiger partial charge in [-0.1, -0.05) is 18.3 Å². The van der Waals surface area contributed by atoms with Crippen LogP contribution in [0.25, 0.3) is 0 Å². The molecule has 0 bridgehead atoms. The molecule has 0 unspecified atom stereocenters. The van der Waals surface area contributed by atoms with E-state index in [1.807, 2.05) is 24.1 Å². The van der Waals surface area contributed by atoms with Gasteiger partial charge in [-0.05, 0) is 31.5 Å². The second kappa shape index (κ2) is 6.08. The van der Waals surface area contributed by atoms with Gasteiger partial charge in [-0.2, -0.15) is 0 Å². The molecule has 1 heterocycles. The van der Waals surface area contributed by atoms with E-state index in [4.69, 9.17) is 18.0 Å². The second-order valence-electron chi connectivity index (χ2n) is 4.89. The standard InChI is InChI=1S/C13H18N4OS/c1-17(8-11(18)16-10-4-5-10)7-9-3-2-6-15-12(9)13(14)19/h2-3,6,10H,4-5,7-8H2,1H3,(H2,14,19)(H,16,18). The van der Waals surface area contributed by atoms with Crippen molar-refractivity contribution in [3.63, 3.8) is 0 Å². The first kappa shape index (κ1) is 13.9. The molecule has 1 saturated carbocycles. The molecule has 0 spiro atoms. The number of hydrogen-bond donors (Lipinski definition) is 2. The van der Waals surface area contributed by atoms with Crippen LogP contribution in [0.2, 0.25) is 0 Å². The van der Waals surface area contributed by atoms with E-state index < -0.39 is 0 Å². The molecular formula is C13H18N4OS. The fraction of sp³-hybridized carbons (Fsp3) is 0.462. The number of thiocarbonyl (C=S) groups is 1. The van der Waals surface area contributed by atoms with E-state index >= 15 is 0 Å². The number of nitrogens with two attached hydrogens (primary N) is 1. The number of pyridine rings is 1. The summed E-state index contributed by atoms with van der Waals surface area (Å²) in [6, 6.07) is 4.16. The molecular weight excluding hydrogens is 260 g/mol. The predicted molar refractivity (Wildman–Crippen MR) is 77.6 cm³/mol. The number of likely N-dealkylation sites (N-methyl/N-ethyl adjacent to an activating group) is 1. The fourth-order valence-corrected chi connectivity index (χ4v) is 2.06. The Labute approximate surface area is 118 Å². The summed E-state index contributed by atoms with van der Waals surface area (Å²) in [6.45, 7) is 0.959. The molecule has 0 atom stereocenters. The minimum atomic E-state index is 0.0609. The van der Waals surface area contributed by atoms with Crippen molar-refractivity contribution in [3.05, 3.63) is 29.6 Å². The smallest absolute Gasteiger partial charge is 0.234 e. The summed E-state index contributed by atoms with van der Waals surface area (Å²) in [5.41, 5.74) is 7.21. The first-order chi connectivity index (χ1) is 9.06. The first-order valence-electron chi connectivity index (χ1n) is 6.28. The van der Waals surface area contributed by atoms with Gasteiger partial charge in [0.05, 0.1) is 6.54 Å². The van der Waals surface area contributed by atoms with Gasteiger partial charge in [-0.3, -0.25) is 14.7 Å². The van der Waals surface area contributed by atoms with Crippen LogP contribution in [0.5, 0.6) is 0 Å². The minimum absolute atomic E-state index is 0.0609. The van der Waals surface area contributed by atoms with E-state index in [-0.39, 0.29) is 10.9 Å². The second-order valence-corrected chi connectivity index (χ2v) is 5.33. The van der Waals surface area contributed by atoms with Gasteiger partial charge in [0.15, 0.2) is 0 Å². The summed E-state index contributed by atoms with van der Waals surface area (Å²) < 4.78 is 0. The molecule has 2 rings (SSSR count). The predicted octanol–water partition coefficient (Wildman–Crippen LogP) is 0.426. The van der Waals surface area contributed by atoms with Gasteiger partial charge in [0.2, 0.25) is 5.91 Å². The van der Waals surface area contributed by atoms with Crippen LogP contribution in [0.1, 0.15) is 24.1 Å². The van der Waals surface area contributed by atoms with E-state index in [9.17, 15) is 4.79 Å². The van der Waals surface area contributed by atoms with Gasteiger partial charge in [0.1, 0.15) is 10.7 Å². The quantitative estimate of drug-likeness (QED) is 0.738. The van der Waals surface area contributed by atoms with Crippen LogP contribution < -0.4 is 11.1 Å². The maximum atomic E-state index is 11.7. The van der Waals surface area contributed by atoms with E-state index in [1.165, 1.54) is 0 Å². The molecule has 19 heavy (non-hydrogen) atoms. The Morgan fingerprint density at radius 3 is 3.00 bits per heavy atom. The van der Waals surface area contributed by atoms with Crippen molar-refractivity contribution in [2.24, 2.45) is 5.73 Å². The highest BCUT2D eigenvalue weighted by atomic mass is 32.1. The third-order valence-corrected chi connectivity index (χ3v) is 3.11. The largest absolute Gasteiger partial charge is 0.388 e. The van der Waals surface area contributed by atoms with Crippen LogP contribution in [-0.2, 0) is 11.3 Å². The van der Waals surface area contributed by atoms with Gasteiger partial charge < -0.3 is 11.1 Å². The first-order valence-corrected chi connectivity index (χ1v) is 6.68. The number of nitrogens with one attached hydrogen (secondary N) is 1. The average Bonchev–Trinajstić information content (AvgIpc) is 3.12. The molecule has 1 aromatic rings. The molecule has 1 amide bonds. The Balaban J connectivity index is 1.92. The lowest BCUT2D eigenvalue weighted by Gasteiger charge is -2.17. The number of nitrogens with zero attached hydrogens (tertiary/aromatic N) is 2. The number of hydrogen-bond acceptors (Lipinski definition) is 4. The zero-order valence-corrected chi connectivity index (χ0v) is 11.7. The maximum Gasteiger partial charge on any atom is 0.234 e. The van der Waals surface area contributed by atoms with E-state index in [0.717, 1.165) is 18.4 Å². The molecule has 3 N–H and O–H groups in total. The highest BCUT2D eigenvalue weighted by Gasteiger charge is 2.23. The van der Waals surface area contributed by atoms with Crippen molar-refractivity contribution in [2.45, 2.75) is 25.4 Å². The van der Waals surface area contributed by atoms with E-state index in [2.05, 4.69) is 10.3 Å². The summed E-state index contributed by atoms with van der Waals surface area (Å²) >= 11 is 4.97. The Kier molecular flexibility index (Phi) is 4.44. The summed E-state index contributed by atoms with van der Waals surface area (Å²) in [4.78, 5) is 18.1. The minimum Gasteiger partial charge on any atom is -0.388 e. The molecule has 0 aliphatic heterocycles. The Morgan fingerprint density at radius 1 is 1.63 bits per heavy atom. The van der Waals surface area contributed by atoms with Gasteiger partial charge in [0.25, 0.3) is 0 Å².